The molecule has 3 aromatic rings. The molecule has 138 valence electrons. The van der Waals surface area contributed by atoms with Gasteiger partial charge in [-0.3, -0.25) is 10.1 Å². The molecule has 4 rings (SSSR count). The van der Waals surface area contributed by atoms with Crippen molar-refractivity contribution < 1.29 is 9.66 Å². The zero-order valence-electron chi connectivity index (χ0n) is 14.9. The van der Waals surface area contributed by atoms with E-state index in [2.05, 4.69) is 19.7 Å². The molecule has 8 heteroatoms. The Morgan fingerprint density at radius 3 is 2.70 bits per heavy atom. The first-order valence-corrected chi connectivity index (χ1v) is 8.66. The topological polar surface area (TPSA) is 86.3 Å². The molecule has 1 aromatic heterocycles. The van der Waals surface area contributed by atoms with Crippen LogP contribution in [-0.4, -0.2) is 33.3 Å². The molecule has 1 aliphatic rings. The molecule has 1 aliphatic heterocycles. The van der Waals surface area contributed by atoms with E-state index < -0.39 is 0 Å². The van der Waals surface area contributed by atoms with E-state index in [1.54, 1.807) is 19.2 Å². The van der Waals surface area contributed by atoms with E-state index in [0.717, 1.165) is 41.6 Å². The van der Waals surface area contributed by atoms with Gasteiger partial charge in [0.25, 0.3) is 5.69 Å². The van der Waals surface area contributed by atoms with Crippen LogP contribution in [0.1, 0.15) is 11.4 Å². The van der Waals surface area contributed by atoms with E-state index >= 15 is 0 Å². The minimum atomic E-state index is -0.387. The number of nitro benzene ring substituents is 1. The first kappa shape index (κ1) is 17.2. The molecule has 27 heavy (non-hydrogen) atoms. The number of rotatable bonds is 5. The van der Waals surface area contributed by atoms with E-state index in [9.17, 15) is 10.1 Å². The van der Waals surface area contributed by atoms with Gasteiger partial charge in [-0.05, 0) is 6.07 Å². The number of nitro groups is 1. The number of aromatic nitrogens is 3. The molecule has 8 nitrogen and oxygen atoms in total. The Labute approximate surface area is 156 Å². The van der Waals surface area contributed by atoms with Gasteiger partial charge in [0, 0.05) is 49.1 Å². The molecule has 0 atom stereocenters. The summed E-state index contributed by atoms with van der Waals surface area (Å²) in [6.07, 6.45) is 0. The van der Waals surface area contributed by atoms with Crippen LogP contribution in [-0.2, 0) is 24.4 Å². The van der Waals surface area contributed by atoms with Crippen molar-refractivity contribution in [2.24, 2.45) is 0 Å². The van der Waals surface area contributed by atoms with Crippen molar-refractivity contribution >= 4 is 11.4 Å². The lowest BCUT2D eigenvalue weighted by Gasteiger charge is -2.31. The van der Waals surface area contributed by atoms with Crippen LogP contribution < -0.4 is 4.90 Å². The largest absolute Gasteiger partial charge is 0.380 e. The zero-order valence-corrected chi connectivity index (χ0v) is 14.9. The van der Waals surface area contributed by atoms with Gasteiger partial charge in [0.1, 0.15) is 0 Å². The van der Waals surface area contributed by atoms with Crippen LogP contribution in [0.25, 0.3) is 11.4 Å². The maximum absolute atomic E-state index is 11.1. The summed E-state index contributed by atoms with van der Waals surface area (Å²) in [4.78, 5) is 12.9. The maximum Gasteiger partial charge on any atom is 0.269 e. The second-order valence-electron chi connectivity index (χ2n) is 6.38. The summed E-state index contributed by atoms with van der Waals surface area (Å²) < 4.78 is 7.38. The number of anilines is 1. The summed E-state index contributed by atoms with van der Waals surface area (Å²) in [6, 6.07) is 14.9. The fourth-order valence-electron chi connectivity index (χ4n) is 3.43. The van der Waals surface area contributed by atoms with Crippen LogP contribution >= 0.6 is 0 Å². The average molecular weight is 365 g/mol. The molecule has 2 aromatic carbocycles. The number of methoxy groups -OCH3 is 1. The highest BCUT2D eigenvalue weighted by Crippen LogP contribution is 2.30. The highest BCUT2D eigenvalue weighted by atomic mass is 16.6. The molecule has 0 aliphatic carbocycles. The van der Waals surface area contributed by atoms with Crippen LogP contribution in [0.3, 0.4) is 0 Å². The summed E-state index contributed by atoms with van der Waals surface area (Å²) in [5, 5.41) is 19.8. The molecule has 2 heterocycles. The van der Waals surface area contributed by atoms with Crippen molar-refractivity contribution in [3.63, 3.8) is 0 Å². The van der Waals surface area contributed by atoms with Gasteiger partial charge in [0.2, 0.25) is 0 Å². The Morgan fingerprint density at radius 1 is 1.15 bits per heavy atom. The SMILES string of the molecule is COCc1cc([N+](=O)[O-])ccc1N1CCn2c(nnc2-c2ccccc2)C1. The van der Waals surface area contributed by atoms with Gasteiger partial charge in [-0.25, -0.2) is 0 Å². The number of benzene rings is 2. The first-order valence-electron chi connectivity index (χ1n) is 8.66. The summed E-state index contributed by atoms with van der Waals surface area (Å²) in [6.45, 7) is 2.42. The van der Waals surface area contributed by atoms with Gasteiger partial charge in [0.15, 0.2) is 11.6 Å². The molecular weight excluding hydrogens is 346 g/mol. The second-order valence-corrected chi connectivity index (χ2v) is 6.38. The van der Waals surface area contributed by atoms with Gasteiger partial charge in [-0.1, -0.05) is 30.3 Å². The van der Waals surface area contributed by atoms with Gasteiger partial charge < -0.3 is 14.2 Å². The maximum atomic E-state index is 11.1. The van der Waals surface area contributed by atoms with E-state index in [1.165, 1.54) is 6.07 Å². The Morgan fingerprint density at radius 2 is 1.96 bits per heavy atom. The summed E-state index contributed by atoms with van der Waals surface area (Å²) in [7, 11) is 1.58. The summed E-state index contributed by atoms with van der Waals surface area (Å²) >= 11 is 0. The molecule has 0 N–H and O–H groups in total. The molecule has 0 saturated heterocycles. The Bertz CT molecular complexity index is 971. The minimum absolute atomic E-state index is 0.0670. The van der Waals surface area contributed by atoms with E-state index in [0.29, 0.717) is 13.2 Å². The normalized spacial score (nSPS) is 13.4. The Hall–Kier alpha value is -3.26. The molecular formula is C19H19N5O3. The minimum Gasteiger partial charge on any atom is -0.380 e. The van der Waals surface area contributed by atoms with Crippen molar-refractivity contribution in [1.29, 1.82) is 0 Å². The number of ether oxygens (including phenoxy) is 1. The van der Waals surface area contributed by atoms with Crippen LogP contribution in [0.15, 0.2) is 48.5 Å². The fourth-order valence-corrected chi connectivity index (χ4v) is 3.43. The molecule has 0 saturated carbocycles. The lowest BCUT2D eigenvalue weighted by Crippen LogP contribution is -2.34. The highest BCUT2D eigenvalue weighted by molar-refractivity contribution is 5.59. The summed E-state index contributed by atoms with van der Waals surface area (Å²) in [5.41, 5.74) is 2.83. The predicted molar refractivity (Wildman–Crippen MR) is 100 cm³/mol. The molecule has 0 amide bonds. The molecule has 0 spiro atoms. The first-order chi connectivity index (χ1) is 13.2. The quantitative estimate of drug-likeness (QED) is 0.510. The third-order valence-electron chi connectivity index (χ3n) is 4.70. The highest BCUT2D eigenvalue weighted by Gasteiger charge is 2.24. The van der Waals surface area contributed by atoms with Crippen LogP contribution in [0, 0.1) is 10.1 Å². The van der Waals surface area contributed by atoms with Gasteiger partial charge >= 0.3 is 0 Å². The standard InChI is InChI=1S/C19H19N5O3/c1-27-13-15-11-16(24(25)26)7-8-17(15)22-9-10-23-18(12-22)20-21-19(23)14-5-3-2-4-6-14/h2-8,11H,9-10,12-13H2,1H3. The second kappa shape index (κ2) is 7.16. The molecule has 0 radical (unpaired) electrons. The molecule has 0 fully saturated rings. The summed E-state index contributed by atoms with van der Waals surface area (Å²) in [5.74, 6) is 1.74. The van der Waals surface area contributed by atoms with Crippen molar-refractivity contribution in [1.82, 2.24) is 14.8 Å². The zero-order chi connectivity index (χ0) is 18.8. The Kier molecular flexibility index (Phi) is 4.55. The van der Waals surface area contributed by atoms with Gasteiger partial charge in [-0.15, -0.1) is 10.2 Å². The smallest absolute Gasteiger partial charge is 0.269 e. The third-order valence-corrected chi connectivity index (χ3v) is 4.70. The fraction of sp³-hybridized carbons (Fsp3) is 0.263. The Balaban J connectivity index is 1.64. The number of fused-ring (bicyclic) bond motifs is 1. The molecule has 0 bridgehead atoms. The van der Waals surface area contributed by atoms with Crippen LogP contribution in [0.5, 0.6) is 0 Å². The van der Waals surface area contributed by atoms with Crippen molar-refractivity contribution in [2.75, 3.05) is 18.6 Å². The van der Waals surface area contributed by atoms with E-state index in [1.807, 2.05) is 30.3 Å². The number of hydrogen-bond donors (Lipinski definition) is 0. The average Bonchev–Trinajstić information content (AvgIpc) is 3.12. The number of non-ortho nitro benzene ring substituents is 1. The van der Waals surface area contributed by atoms with E-state index in [4.69, 9.17) is 4.74 Å². The number of hydrogen-bond acceptors (Lipinski definition) is 6. The van der Waals surface area contributed by atoms with Crippen LogP contribution in [0.2, 0.25) is 0 Å². The number of nitrogens with zero attached hydrogens (tertiary/aromatic N) is 5. The van der Waals surface area contributed by atoms with Crippen molar-refractivity contribution in [2.45, 2.75) is 19.7 Å². The van der Waals surface area contributed by atoms with Crippen molar-refractivity contribution in [3.05, 3.63) is 70.0 Å². The monoisotopic (exact) mass is 365 g/mol. The lowest BCUT2D eigenvalue weighted by atomic mass is 10.1. The van der Waals surface area contributed by atoms with E-state index in [-0.39, 0.29) is 10.6 Å². The van der Waals surface area contributed by atoms with Gasteiger partial charge in [0.05, 0.1) is 18.1 Å². The van der Waals surface area contributed by atoms with Crippen LogP contribution in [0.4, 0.5) is 11.4 Å². The predicted octanol–water partition coefficient (Wildman–Crippen LogP) is 3.02. The lowest BCUT2D eigenvalue weighted by molar-refractivity contribution is -0.384. The van der Waals surface area contributed by atoms with Gasteiger partial charge in [-0.2, -0.15) is 0 Å². The van der Waals surface area contributed by atoms with Crippen molar-refractivity contribution in [3.8, 4) is 11.4 Å². The molecule has 0 unspecified atom stereocenters. The third kappa shape index (κ3) is 3.26.